The maximum atomic E-state index is 5.66. The highest BCUT2D eigenvalue weighted by atomic mass is 15.1. The van der Waals surface area contributed by atoms with Gasteiger partial charge in [-0.25, -0.2) is 0 Å². The molecule has 0 aliphatic rings. The van der Waals surface area contributed by atoms with Crippen molar-refractivity contribution < 1.29 is 0 Å². The molecule has 0 aromatic heterocycles. The van der Waals surface area contributed by atoms with Crippen molar-refractivity contribution in [2.75, 3.05) is 25.5 Å². The molecule has 0 saturated carbocycles. The zero-order valence-electron chi connectivity index (χ0n) is 12.6. The van der Waals surface area contributed by atoms with E-state index >= 15 is 0 Å². The quantitative estimate of drug-likeness (QED) is 0.892. The molecule has 1 unspecified atom stereocenters. The van der Waals surface area contributed by atoms with E-state index in [2.05, 4.69) is 74.4 Å². The molecule has 2 N–H and O–H groups in total. The van der Waals surface area contributed by atoms with Crippen LogP contribution < -0.4 is 10.6 Å². The van der Waals surface area contributed by atoms with Crippen LogP contribution in [0.2, 0.25) is 0 Å². The fraction of sp³-hybridized carbons (Fsp3) is 0.333. The smallest absolute Gasteiger partial charge is 0.0367 e. The van der Waals surface area contributed by atoms with Gasteiger partial charge in [0.2, 0.25) is 0 Å². The Labute approximate surface area is 122 Å². The minimum absolute atomic E-state index is 0.511. The maximum absolute atomic E-state index is 5.66. The molecule has 0 bridgehead atoms. The van der Waals surface area contributed by atoms with Crippen LogP contribution in [-0.2, 0) is 0 Å². The van der Waals surface area contributed by atoms with Gasteiger partial charge in [0.15, 0.2) is 0 Å². The van der Waals surface area contributed by atoms with Crippen LogP contribution in [0.1, 0.15) is 24.8 Å². The topological polar surface area (TPSA) is 29.3 Å². The van der Waals surface area contributed by atoms with Crippen molar-refractivity contribution in [3.05, 3.63) is 54.1 Å². The predicted molar refractivity (Wildman–Crippen MR) is 88.3 cm³/mol. The summed E-state index contributed by atoms with van der Waals surface area (Å²) < 4.78 is 0. The van der Waals surface area contributed by atoms with Gasteiger partial charge in [0.1, 0.15) is 0 Å². The van der Waals surface area contributed by atoms with Crippen molar-refractivity contribution in [3.8, 4) is 11.1 Å². The first-order chi connectivity index (χ1) is 9.61. The molecule has 106 valence electrons. The molecule has 0 aliphatic heterocycles. The lowest BCUT2D eigenvalue weighted by molar-refractivity contribution is 0.690. The third kappa shape index (κ3) is 3.40. The summed E-state index contributed by atoms with van der Waals surface area (Å²) in [6.45, 7) is 2.98. The van der Waals surface area contributed by atoms with E-state index in [4.69, 9.17) is 5.73 Å². The first kappa shape index (κ1) is 14.6. The van der Waals surface area contributed by atoms with Crippen LogP contribution in [0.4, 0.5) is 5.69 Å². The maximum Gasteiger partial charge on any atom is 0.0367 e. The lowest BCUT2D eigenvalue weighted by Crippen LogP contribution is -2.08. The van der Waals surface area contributed by atoms with E-state index in [-0.39, 0.29) is 0 Å². The summed E-state index contributed by atoms with van der Waals surface area (Å²) in [6.07, 6.45) is 1.03. The number of anilines is 1. The van der Waals surface area contributed by atoms with Crippen LogP contribution in [0.3, 0.4) is 0 Å². The van der Waals surface area contributed by atoms with Crippen molar-refractivity contribution in [2.24, 2.45) is 5.73 Å². The molecule has 0 amide bonds. The van der Waals surface area contributed by atoms with Gasteiger partial charge in [0, 0.05) is 19.8 Å². The Hall–Kier alpha value is -1.80. The summed E-state index contributed by atoms with van der Waals surface area (Å²) in [6, 6.07) is 17.4. The molecule has 0 fully saturated rings. The van der Waals surface area contributed by atoms with Crippen LogP contribution in [-0.4, -0.2) is 20.6 Å². The first-order valence-corrected chi connectivity index (χ1v) is 7.19. The molecule has 20 heavy (non-hydrogen) atoms. The minimum atomic E-state index is 0.511. The second-order valence-electron chi connectivity index (χ2n) is 5.55. The Kier molecular flexibility index (Phi) is 4.80. The van der Waals surface area contributed by atoms with Gasteiger partial charge in [0.05, 0.1) is 0 Å². The lowest BCUT2D eigenvalue weighted by Gasteiger charge is -2.15. The van der Waals surface area contributed by atoms with Crippen LogP contribution in [0, 0.1) is 0 Å². The second-order valence-corrected chi connectivity index (χ2v) is 5.55. The van der Waals surface area contributed by atoms with Gasteiger partial charge in [-0.3, -0.25) is 0 Å². The summed E-state index contributed by atoms with van der Waals surface area (Å²) in [5, 5.41) is 0. The van der Waals surface area contributed by atoms with Gasteiger partial charge >= 0.3 is 0 Å². The monoisotopic (exact) mass is 268 g/mol. The number of nitrogens with zero attached hydrogens (tertiary/aromatic N) is 1. The van der Waals surface area contributed by atoms with Gasteiger partial charge in [-0.1, -0.05) is 43.3 Å². The highest BCUT2D eigenvalue weighted by molar-refractivity contribution is 5.69. The third-order valence-corrected chi connectivity index (χ3v) is 3.75. The van der Waals surface area contributed by atoms with Gasteiger partial charge in [-0.05, 0) is 47.7 Å². The van der Waals surface area contributed by atoms with E-state index < -0.39 is 0 Å². The molecule has 2 rings (SSSR count). The number of rotatable bonds is 5. The van der Waals surface area contributed by atoms with E-state index in [1.165, 1.54) is 22.4 Å². The van der Waals surface area contributed by atoms with Crippen molar-refractivity contribution in [3.63, 3.8) is 0 Å². The fourth-order valence-corrected chi connectivity index (χ4v) is 2.41. The van der Waals surface area contributed by atoms with Gasteiger partial charge in [-0.15, -0.1) is 0 Å². The summed E-state index contributed by atoms with van der Waals surface area (Å²) in [4.78, 5) is 2.13. The molecule has 2 aromatic rings. The van der Waals surface area contributed by atoms with Crippen molar-refractivity contribution in [1.29, 1.82) is 0 Å². The van der Waals surface area contributed by atoms with Crippen LogP contribution in [0.25, 0.3) is 11.1 Å². The molecule has 0 spiro atoms. The zero-order chi connectivity index (χ0) is 14.5. The highest BCUT2D eigenvalue weighted by Crippen LogP contribution is 2.27. The van der Waals surface area contributed by atoms with Gasteiger partial charge in [0.25, 0.3) is 0 Å². The number of hydrogen-bond donors (Lipinski definition) is 1. The van der Waals surface area contributed by atoms with E-state index in [9.17, 15) is 0 Å². The molecular weight excluding hydrogens is 244 g/mol. The average molecular weight is 268 g/mol. The fourth-order valence-electron chi connectivity index (χ4n) is 2.41. The number of nitrogens with two attached hydrogens (primary N) is 1. The van der Waals surface area contributed by atoms with E-state index in [0.717, 1.165) is 13.0 Å². The molecule has 2 heteroatoms. The van der Waals surface area contributed by atoms with Crippen LogP contribution in [0.5, 0.6) is 0 Å². The van der Waals surface area contributed by atoms with E-state index in [1.807, 2.05) is 0 Å². The first-order valence-electron chi connectivity index (χ1n) is 7.19. The molecular formula is C18H24N2. The second kappa shape index (κ2) is 6.58. The molecule has 0 saturated heterocycles. The van der Waals surface area contributed by atoms with Gasteiger partial charge in [-0.2, -0.15) is 0 Å². The Morgan fingerprint density at radius 1 is 1.00 bits per heavy atom. The molecule has 2 nitrogen and oxygen atoms in total. The predicted octanol–water partition coefficient (Wildman–Crippen LogP) is 3.87. The molecule has 0 aliphatic carbocycles. The van der Waals surface area contributed by atoms with Crippen molar-refractivity contribution >= 4 is 5.69 Å². The summed E-state index contributed by atoms with van der Waals surface area (Å²) in [5.74, 6) is 0.511. The van der Waals surface area contributed by atoms with Crippen molar-refractivity contribution in [1.82, 2.24) is 0 Å². The van der Waals surface area contributed by atoms with Gasteiger partial charge < -0.3 is 10.6 Å². The Bertz CT molecular complexity index is 561. The minimum Gasteiger partial charge on any atom is -0.378 e. The summed E-state index contributed by atoms with van der Waals surface area (Å²) >= 11 is 0. The number of benzene rings is 2. The number of hydrogen-bond acceptors (Lipinski definition) is 2. The Morgan fingerprint density at radius 2 is 1.65 bits per heavy atom. The van der Waals surface area contributed by atoms with Crippen molar-refractivity contribution in [2.45, 2.75) is 19.3 Å². The summed E-state index contributed by atoms with van der Waals surface area (Å²) in [7, 11) is 4.14. The van der Waals surface area contributed by atoms with E-state index in [0.29, 0.717) is 5.92 Å². The molecule has 2 aromatic carbocycles. The van der Waals surface area contributed by atoms with Crippen LogP contribution >= 0.6 is 0 Å². The van der Waals surface area contributed by atoms with E-state index in [1.54, 1.807) is 0 Å². The SMILES string of the molecule is CC(CCN)c1cccc(-c2cccc(N(C)C)c2)c1. The third-order valence-electron chi connectivity index (χ3n) is 3.75. The highest BCUT2D eigenvalue weighted by Gasteiger charge is 2.07. The summed E-state index contributed by atoms with van der Waals surface area (Å²) in [5.41, 5.74) is 10.8. The zero-order valence-corrected chi connectivity index (χ0v) is 12.6. The Balaban J connectivity index is 2.33. The molecule has 1 atom stereocenters. The van der Waals surface area contributed by atoms with Crippen LogP contribution in [0.15, 0.2) is 48.5 Å². The standard InChI is InChI=1S/C18H24N2/c1-14(10-11-19)15-6-4-7-16(12-15)17-8-5-9-18(13-17)20(2)3/h4-9,12-14H,10-11,19H2,1-3H3. The molecule has 0 heterocycles. The Morgan fingerprint density at radius 3 is 2.30 bits per heavy atom. The molecule has 0 radical (unpaired) electrons. The largest absolute Gasteiger partial charge is 0.378 e. The lowest BCUT2D eigenvalue weighted by atomic mass is 9.94. The average Bonchev–Trinajstić information content (AvgIpc) is 2.48. The normalized spacial score (nSPS) is 12.2.